The Morgan fingerprint density at radius 3 is 2.70 bits per heavy atom. The molecule has 0 bridgehead atoms. The molecule has 0 saturated heterocycles. The number of rotatable bonds is 5. The lowest BCUT2D eigenvalue weighted by Gasteiger charge is -2.13. The molecule has 20 heavy (non-hydrogen) atoms. The van der Waals surface area contributed by atoms with Crippen molar-refractivity contribution in [3.8, 4) is 0 Å². The average molecular weight is 334 g/mol. The van der Waals surface area contributed by atoms with Crippen molar-refractivity contribution in [3.63, 3.8) is 0 Å². The molecule has 1 unspecified atom stereocenters. The Labute approximate surface area is 126 Å². The summed E-state index contributed by atoms with van der Waals surface area (Å²) in [6.45, 7) is 1.96. The Bertz CT molecular complexity index is 613. The normalized spacial score (nSPS) is 12.1. The minimum Gasteiger partial charge on any atom is -0.481 e. The van der Waals surface area contributed by atoms with Crippen molar-refractivity contribution < 1.29 is 9.90 Å². The molecule has 1 aromatic heterocycles. The van der Waals surface area contributed by atoms with Crippen molar-refractivity contribution in [1.29, 1.82) is 0 Å². The van der Waals surface area contributed by atoms with E-state index in [0.717, 1.165) is 21.2 Å². The lowest BCUT2D eigenvalue weighted by molar-refractivity contribution is -0.141. The van der Waals surface area contributed by atoms with Gasteiger partial charge in [-0.05, 0) is 42.5 Å². The zero-order valence-electron chi connectivity index (χ0n) is 11.2. The molecule has 104 valence electrons. The van der Waals surface area contributed by atoms with Gasteiger partial charge in [0.2, 0.25) is 0 Å². The van der Waals surface area contributed by atoms with E-state index in [1.165, 1.54) is 0 Å². The second-order valence-corrected chi connectivity index (χ2v) is 5.76. The van der Waals surface area contributed by atoms with E-state index in [9.17, 15) is 9.90 Å². The first-order valence-corrected chi connectivity index (χ1v) is 7.22. The maximum atomic E-state index is 11.5. The van der Waals surface area contributed by atoms with Crippen LogP contribution in [0, 0.1) is 12.8 Å². The maximum Gasteiger partial charge on any atom is 0.307 e. The predicted molar refractivity (Wildman–Crippen MR) is 81.6 cm³/mol. The average Bonchev–Trinajstić information content (AvgIpc) is 2.40. The first-order chi connectivity index (χ1) is 9.56. The van der Waals surface area contributed by atoms with Crippen LogP contribution >= 0.6 is 15.9 Å². The lowest BCUT2D eigenvalue weighted by Crippen LogP contribution is -2.19. The van der Waals surface area contributed by atoms with E-state index >= 15 is 0 Å². The number of hydrogen-bond donors (Lipinski definition) is 1. The molecule has 0 spiro atoms. The van der Waals surface area contributed by atoms with E-state index in [2.05, 4.69) is 20.9 Å². The summed E-state index contributed by atoms with van der Waals surface area (Å²) in [5.74, 6) is -1.22. The fourth-order valence-corrected chi connectivity index (χ4v) is 2.64. The van der Waals surface area contributed by atoms with Gasteiger partial charge in [-0.3, -0.25) is 9.78 Å². The Kier molecular flexibility index (Phi) is 4.90. The van der Waals surface area contributed by atoms with E-state index < -0.39 is 11.9 Å². The molecule has 2 rings (SSSR count). The van der Waals surface area contributed by atoms with Crippen LogP contribution in [0.2, 0.25) is 0 Å². The third-order valence-electron chi connectivity index (χ3n) is 3.19. The number of carboxylic acids is 1. The van der Waals surface area contributed by atoms with Gasteiger partial charge in [-0.15, -0.1) is 0 Å². The van der Waals surface area contributed by atoms with E-state index in [1.54, 1.807) is 12.4 Å². The Morgan fingerprint density at radius 2 is 2.05 bits per heavy atom. The van der Waals surface area contributed by atoms with Crippen LogP contribution in [0.15, 0.2) is 47.2 Å². The first kappa shape index (κ1) is 14.7. The smallest absolute Gasteiger partial charge is 0.307 e. The highest BCUT2D eigenvalue weighted by Crippen LogP contribution is 2.22. The lowest BCUT2D eigenvalue weighted by atomic mass is 9.93. The van der Waals surface area contributed by atoms with Crippen LogP contribution in [0.3, 0.4) is 0 Å². The summed E-state index contributed by atoms with van der Waals surface area (Å²) >= 11 is 3.47. The van der Waals surface area contributed by atoms with Gasteiger partial charge in [-0.25, -0.2) is 0 Å². The number of nitrogens with zero attached hydrogens (tertiary/aromatic N) is 1. The predicted octanol–water partition coefficient (Wildman–Crippen LogP) is 3.64. The number of carbonyl (C=O) groups is 1. The fraction of sp³-hybridized carbons (Fsp3) is 0.250. The van der Waals surface area contributed by atoms with Gasteiger partial charge in [0.1, 0.15) is 0 Å². The number of benzene rings is 1. The molecule has 0 amide bonds. The van der Waals surface area contributed by atoms with Gasteiger partial charge in [0.15, 0.2) is 0 Å². The van der Waals surface area contributed by atoms with E-state index in [4.69, 9.17) is 0 Å². The summed E-state index contributed by atoms with van der Waals surface area (Å²) < 4.78 is 0.952. The SMILES string of the molecule is Cc1cncc(CC(Cc2ccccc2Br)C(=O)O)c1. The highest BCUT2D eigenvalue weighted by Gasteiger charge is 2.19. The zero-order valence-corrected chi connectivity index (χ0v) is 12.8. The third kappa shape index (κ3) is 3.90. The van der Waals surface area contributed by atoms with E-state index in [0.29, 0.717) is 12.8 Å². The van der Waals surface area contributed by atoms with Gasteiger partial charge in [-0.2, -0.15) is 0 Å². The summed E-state index contributed by atoms with van der Waals surface area (Å²) in [4.78, 5) is 15.6. The third-order valence-corrected chi connectivity index (χ3v) is 3.96. The molecule has 0 fully saturated rings. The summed E-state index contributed by atoms with van der Waals surface area (Å²) in [6.07, 6.45) is 4.51. The van der Waals surface area contributed by atoms with Crippen molar-refractivity contribution in [2.75, 3.05) is 0 Å². The second kappa shape index (κ2) is 6.66. The van der Waals surface area contributed by atoms with Crippen LogP contribution in [0.1, 0.15) is 16.7 Å². The zero-order chi connectivity index (χ0) is 14.5. The Balaban J connectivity index is 2.16. The van der Waals surface area contributed by atoms with Gasteiger partial charge < -0.3 is 5.11 Å². The quantitative estimate of drug-likeness (QED) is 0.908. The van der Waals surface area contributed by atoms with Crippen molar-refractivity contribution in [1.82, 2.24) is 4.98 Å². The molecule has 0 radical (unpaired) electrons. The number of aromatic nitrogens is 1. The molecule has 0 aliphatic carbocycles. The Morgan fingerprint density at radius 1 is 1.30 bits per heavy atom. The molecular weight excluding hydrogens is 318 g/mol. The molecule has 1 atom stereocenters. The van der Waals surface area contributed by atoms with Crippen LogP contribution < -0.4 is 0 Å². The first-order valence-electron chi connectivity index (χ1n) is 6.43. The van der Waals surface area contributed by atoms with Crippen molar-refractivity contribution in [3.05, 3.63) is 63.9 Å². The van der Waals surface area contributed by atoms with Gasteiger partial charge >= 0.3 is 5.97 Å². The van der Waals surface area contributed by atoms with Gasteiger partial charge in [0, 0.05) is 16.9 Å². The highest BCUT2D eigenvalue weighted by molar-refractivity contribution is 9.10. The molecular formula is C16H16BrNO2. The summed E-state index contributed by atoms with van der Waals surface area (Å²) in [6, 6.07) is 9.72. The number of hydrogen-bond acceptors (Lipinski definition) is 2. The van der Waals surface area contributed by atoms with Gasteiger partial charge in [-0.1, -0.05) is 40.2 Å². The van der Waals surface area contributed by atoms with Crippen LogP contribution in [0.4, 0.5) is 0 Å². The molecule has 1 aromatic carbocycles. The minimum atomic E-state index is -0.776. The minimum absolute atomic E-state index is 0.447. The highest BCUT2D eigenvalue weighted by atomic mass is 79.9. The van der Waals surface area contributed by atoms with Crippen LogP contribution in [0.25, 0.3) is 0 Å². The van der Waals surface area contributed by atoms with Gasteiger partial charge in [0.05, 0.1) is 5.92 Å². The number of carboxylic acid groups (broad SMARTS) is 1. The number of halogens is 1. The topological polar surface area (TPSA) is 50.2 Å². The molecule has 3 nitrogen and oxygen atoms in total. The summed E-state index contributed by atoms with van der Waals surface area (Å²) in [7, 11) is 0. The maximum absolute atomic E-state index is 11.5. The number of pyridine rings is 1. The van der Waals surface area contributed by atoms with E-state index in [-0.39, 0.29) is 0 Å². The van der Waals surface area contributed by atoms with Crippen LogP contribution in [0.5, 0.6) is 0 Å². The van der Waals surface area contributed by atoms with Crippen LogP contribution in [-0.4, -0.2) is 16.1 Å². The second-order valence-electron chi connectivity index (χ2n) is 4.91. The summed E-state index contributed by atoms with van der Waals surface area (Å²) in [5.41, 5.74) is 3.03. The molecule has 4 heteroatoms. The molecule has 1 N–H and O–H groups in total. The molecule has 0 aliphatic heterocycles. The van der Waals surface area contributed by atoms with Crippen LogP contribution in [-0.2, 0) is 17.6 Å². The van der Waals surface area contributed by atoms with Crippen molar-refractivity contribution in [2.24, 2.45) is 5.92 Å². The summed E-state index contributed by atoms with van der Waals surface area (Å²) in [5, 5.41) is 9.42. The largest absolute Gasteiger partial charge is 0.481 e. The van der Waals surface area contributed by atoms with Gasteiger partial charge in [0.25, 0.3) is 0 Å². The molecule has 2 aromatic rings. The molecule has 1 heterocycles. The molecule has 0 aliphatic rings. The standard InChI is InChI=1S/C16H16BrNO2/c1-11-6-12(10-18-9-11)7-14(16(19)20)8-13-4-2-3-5-15(13)17/h2-6,9-10,14H,7-8H2,1H3,(H,19,20). The Hall–Kier alpha value is -1.68. The number of aryl methyl sites for hydroxylation is 1. The van der Waals surface area contributed by atoms with Crippen molar-refractivity contribution >= 4 is 21.9 Å². The molecule has 0 saturated carbocycles. The monoisotopic (exact) mass is 333 g/mol. The van der Waals surface area contributed by atoms with E-state index in [1.807, 2.05) is 37.3 Å². The van der Waals surface area contributed by atoms with Crippen molar-refractivity contribution in [2.45, 2.75) is 19.8 Å². The fourth-order valence-electron chi connectivity index (χ4n) is 2.19. The number of aliphatic carboxylic acids is 1.